The molecule has 59 heavy (non-hydrogen) atoms. The topological polar surface area (TPSA) is 90.5 Å². The zero-order chi connectivity index (χ0) is 38.9. The van der Waals surface area contributed by atoms with E-state index in [0.29, 0.717) is 23.1 Å². The van der Waals surface area contributed by atoms with Crippen LogP contribution in [0, 0.1) is 0 Å². The van der Waals surface area contributed by atoms with Gasteiger partial charge >= 0.3 is 0 Å². The molecule has 7 nitrogen and oxygen atoms in total. The van der Waals surface area contributed by atoms with Gasteiger partial charge in [0.25, 0.3) is 0 Å². The van der Waals surface area contributed by atoms with Gasteiger partial charge in [-0.2, -0.15) is 0 Å². The summed E-state index contributed by atoms with van der Waals surface area (Å²) in [6, 6.07) is 60.2. The smallest absolute Gasteiger partial charge is 0.178 e. The van der Waals surface area contributed by atoms with E-state index in [2.05, 4.69) is 120 Å². The van der Waals surface area contributed by atoms with Crippen LogP contribution >= 0.6 is 0 Å². The van der Waals surface area contributed by atoms with Crippen LogP contribution in [0.15, 0.2) is 187 Å². The molecule has 0 aliphatic carbocycles. The van der Waals surface area contributed by atoms with Crippen LogP contribution in [0.2, 0.25) is 0 Å². The molecule has 4 heterocycles. The number of aromatic nitrogens is 6. The first-order chi connectivity index (χ1) is 29.2. The molecule has 12 aromatic rings. The number of hydrogen-bond acceptors (Lipinski definition) is 7. The average molecular weight is 755 g/mol. The SMILES string of the molecule is c1ccc(-c2nc3cccnc3nc2-c2ccc(-c3nc(-c4ccc5c(ccc6ccccc65)c4)nc(-c4cccc5oc6cc7ccccc7cc6c45)n3)cc2)cc1. The Morgan fingerprint density at radius 1 is 0.356 bits per heavy atom. The highest BCUT2D eigenvalue weighted by molar-refractivity contribution is 6.15. The van der Waals surface area contributed by atoms with Gasteiger partial charge in [-0.3, -0.25) is 0 Å². The second kappa shape index (κ2) is 13.2. The van der Waals surface area contributed by atoms with Crippen molar-refractivity contribution >= 4 is 65.4 Å². The van der Waals surface area contributed by atoms with E-state index in [1.54, 1.807) is 6.20 Å². The van der Waals surface area contributed by atoms with Crippen molar-refractivity contribution in [3.8, 4) is 56.7 Å². The number of nitrogens with zero attached hydrogens (tertiary/aromatic N) is 6. The van der Waals surface area contributed by atoms with Gasteiger partial charge in [0.15, 0.2) is 23.1 Å². The van der Waals surface area contributed by atoms with Crippen LogP contribution in [-0.2, 0) is 0 Å². The summed E-state index contributed by atoms with van der Waals surface area (Å²) in [4.78, 5) is 30.2. The number of fused-ring (bicyclic) bond motifs is 8. The maximum absolute atomic E-state index is 6.47. The third-order valence-corrected chi connectivity index (χ3v) is 11.1. The van der Waals surface area contributed by atoms with E-state index in [0.717, 1.165) is 82.8 Å². The minimum atomic E-state index is 0.556. The Bertz CT molecular complexity index is 3620. The van der Waals surface area contributed by atoms with Crippen LogP contribution in [0.1, 0.15) is 0 Å². The summed E-state index contributed by atoms with van der Waals surface area (Å²) in [6.07, 6.45) is 1.74. The van der Waals surface area contributed by atoms with Crippen molar-refractivity contribution in [1.29, 1.82) is 0 Å². The van der Waals surface area contributed by atoms with Crippen molar-refractivity contribution in [2.45, 2.75) is 0 Å². The molecule has 4 aromatic heterocycles. The zero-order valence-corrected chi connectivity index (χ0v) is 31.4. The normalized spacial score (nSPS) is 11.7. The van der Waals surface area contributed by atoms with Crippen molar-refractivity contribution in [3.63, 3.8) is 0 Å². The lowest BCUT2D eigenvalue weighted by Crippen LogP contribution is -2.01. The Morgan fingerprint density at radius 2 is 1.02 bits per heavy atom. The fourth-order valence-corrected chi connectivity index (χ4v) is 8.27. The quantitative estimate of drug-likeness (QED) is 0.162. The van der Waals surface area contributed by atoms with Crippen molar-refractivity contribution in [1.82, 2.24) is 29.9 Å². The number of pyridine rings is 1. The van der Waals surface area contributed by atoms with E-state index in [4.69, 9.17) is 29.3 Å². The third-order valence-electron chi connectivity index (χ3n) is 11.1. The van der Waals surface area contributed by atoms with Gasteiger partial charge in [-0.25, -0.2) is 29.9 Å². The molecule has 0 saturated heterocycles. The first-order valence-corrected chi connectivity index (χ1v) is 19.5. The molecule has 0 N–H and O–H groups in total. The summed E-state index contributed by atoms with van der Waals surface area (Å²) >= 11 is 0. The van der Waals surface area contributed by atoms with Crippen molar-refractivity contribution in [2.75, 3.05) is 0 Å². The van der Waals surface area contributed by atoms with Gasteiger partial charge in [0.05, 0.1) is 11.4 Å². The maximum Gasteiger partial charge on any atom is 0.178 e. The van der Waals surface area contributed by atoms with E-state index in [1.165, 1.54) is 16.2 Å². The molecule has 0 bridgehead atoms. The lowest BCUT2D eigenvalue weighted by atomic mass is 10.00. The van der Waals surface area contributed by atoms with E-state index in [9.17, 15) is 0 Å². The first-order valence-electron chi connectivity index (χ1n) is 19.5. The van der Waals surface area contributed by atoms with Gasteiger partial charge in [0.1, 0.15) is 16.7 Å². The Balaban J connectivity index is 1.04. The summed E-state index contributed by atoms with van der Waals surface area (Å²) in [7, 11) is 0. The van der Waals surface area contributed by atoms with Crippen LogP contribution in [0.3, 0.4) is 0 Å². The molecule has 8 aromatic carbocycles. The summed E-state index contributed by atoms with van der Waals surface area (Å²) in [5.74, 6) is 1.70. The molecular formula is C52H30N6O. The van der Waals surface area contributed by atoms with Crippen molar-refractivity contribution in [3.05, 3.63) is 182 Å². The summed E-state index contributed by atoms with van der Waals surface area (Å²) < 4.78 is 6.47. The van der Waals surface area contributed by atoms with Gasteiger partial charge in [0, 0.05) is 44.8 Å². The van der Waals surface area contributed by atoms with Gasteiger partial charge in [-0.1, -0.05) is 140 Å². The summed E-state index contributed by atoms with van der Waals surface area (Å²) in [5, 5.41) is 8.96. The van der Waals surface area contributed by atoms with Gasteiger partial charge in [-0.15, -0.1) is 0 Å². The van der Waals surface area contributed by atoms with Gasteiger partial charge in [-0.05, 0) is 68.7 Å². The predicted octanol–water partition coefficient (Wildman–Crippen LogP) is 12.9. The highest BCUT2D eigenvalue weighted by atomic mass is 16.3. The highest BCUT2D eigenvalue weighted by Gasteiger charge is 2.20. The van der Waals surface area contributed by atoms with Crippen molar-refractivity contribution < 1.29 is 4.42 Å². The Kier molecular flexibility index (Phi) is 7.40. The van der Waals surface area contributed by atoms with Crippen molar-refractivity contribution in [2.24, 2.45) is 0 Å². The van der Waals surface area contributed by atoms with Crippen LogP contribution < -0.4 is 0 Å². The van der Waals surface area contributed by atoms with E-state index in [-0.39, 0.29) is 0 Å². The Labute approximate surface area is 337 Å². The fraction of sp³-hybridized carbons (Fsp3) is 0. The molecule has 0 unspecified atom stereocenters. The number of rotatable bonds is 5. The molecule has 0 amide bonds. The summed E-state index contributed by atoms with van der Waals surface area (Å²) in [6.45, 7) is 0. The predicted molar refractivity (Wildman–Crippen MR) is 238 cm³/mol. The molecular weight excluding hydrogens is 725 g/mol. The number of furan rings is 1. The molecule has 0 atom stereocenters. The van der Waals surface area contributed by atoms with Gasteiger partial charge < -0.3 is 4.42 Å². The monoisotopic (exact) mass is 754 g/mol. The van der Waals surface area contributed by atoms with E-state index in [1.807, 2.05) is 60.7 Å². The fourth-order valence-electron chi connectivity index (χ4n) is 8.27. The van der Waals surface area contributed by atoms with E-state index < -0.39 is 0 Å². The second-order valence-corrected chi connectivity index (χ2v) is 14.7. The Morgan fingerprint density at radius 3 is 1.88 bits per heavy atom. The van der Waals surface area contributed by atoms with E-state index >= 15 is 0 Å². The number of hydrogen-bond donors (Lipinski definition) is 0. The van der Waals surface area contributed by atoms with Gasteiger partial charge in [0.2, 0.25) is 0 Å². The zero-order valence-electron chi connectivity index (χ0n) is 31.4. The molecule has 0 spiro atoms. The molecule has 0 radical (unpaired) electrons. The van der Waals surface area contributed by atoms with Crippen LogP contribution in [0.25, 0.3) is 122 Å². The minimum absolute atomic E-state index is 0.556. The lowest BCUT2D eigenvalue weighted by Gasteiger charge is -2.12. The largest absolute Gasteiger partial charge is 0.456 e. The molecule has 0 aliphatic rings. The molecule has 274 valence electrons. The third kappa shape index (κ3) is 5.59. The maximum atomic E-state index is 6.47. The first kappa shape index (κ1) is 33.0. The minimum Gasteiger partial charge on any atom is -0.456 e. The molecule has 7 heteroatoms. The second-order valence-electron chi connectivity index (χ2n) is 14.7. The molecule has 12 rings (SSSR count). The van der Waals surface area contributed by atoms with Crippen LogP contribution in [-0.4, -0.2) is 29.9 Å². The molecule has 0 fully saturated rings. The van der Waals surface area contributed by atoms with Crippen LogP contribution in [0.5, 0.6) is 0 Å². The standard InChI is InChI=1S/C52H30N6O/c1-2-11-32(12-3-1)47-48(55-52-43(54-47)17-9-27-53-52)33-20-22-34(23-21-33)49-56-50(38-25-26-40-37(28-38)24-19-31-10-6-7-15-39(31)40)58-51(57-49)41-16-8-18-44-46(41)42-29-35-13-4-5-14-36(35)30-45(42)59-44/h1-30H. The summed E-state index contributed by atoms with van der Waals surface area (Å²) in [5.41, 5.74) is 8.98. The van der Waals surface area contributed by atoms with Crippen LogP contribution in [0.4, 0.5) is 0 Å². The average Bonchev–Trinajstić information content (AvgIpc) is 3.68. The number of benzene rings is 8. The molecule has 0 saturated carbocycles. The Hall–Kier alpha value is -8.16. The highest BCUT2D eigenvalue weighted by Crippen LogP contribution is 2.39. The molecule has 0 aliphatic heterocycles. The lowest BCUT2D eigenvalue weighted by molar-refractivity contribution is 0.669.